The van der Waals surface area contributed by atoms with E-state index in [2.05, 4.69) is 20.0 Å². The van der Waals surface area contributed by atoms with E-state index in [0.717, 1.165) is 35.5 Å². The number of hydrogen-bond acceptors (Lipinski definition) is 5. The van der Waals surface area contributed by atoms with Crippen molar-refractivity contribution in [1.29, 1.82) is 0 Å². The minimum atomic E-state index is -0.0470. The Morgan fingerprint density at radius 1 is 1.32 bits per heavy atom. The van der Waals surface area contributed by atoms with Crippen LogP contribution in [-0.4, -0.2) is 26.6 Å². The molecule has 2 aromatic heterocycles. The van der Waals surface area contributed by atoms with Crippen LogP contribution in [0.3, 0.4) is 0 Å². The van der Waals surface area contributed by atoms with E-state index in [0.29, 0.717) is 29.7 Å². The maximum atomic E-state index is 12.1. The topological polar surface area (TPSA) is 75.0 Å². The largest absolute Gasteiger partial charge is 0.356 e. The quantitative estimate of drug-likeness (QED) is 0.781. The van der Waals surface area contributed by atoms with Crippen molar-refractivity contribution in [3.63, 3.8) is 0 Å². The Kier molecular flexibility index (Phi) is 4.15. The van der Waals surface area contributed by atoms with Crippen LogP contribution >= 0.6 is 11.6 Å². The van der Waals surface area contributed by atoms with Crippen molar-refractivity contribution in [2.24, 2.45) is 0 Å². The van der Waals surface area contributed by atoms with Gasteiger partial charge in [-0.3, -0.25) is 9.69 Å². The Bertz CT molecular complexity index is 962. The Balaban J connectivity index is 1.50. The minimum Gasteiger partial charge on any atom is -0.356 e. The zero-order valence-corrected chi connectivity index (χ0v) is 14.5. The zero-order valence-electron chi connectivity index (χ0n) is 13.8. The molecular weight excluding hydrogens is 340 g/mol. The van der Waals surface area contributed by atoms with E-state index >= 15 is 0 Å². The smallest absolute Gasteiger partial charge is 0.255 e. The number of aromatic amines is 1. The van der Waals surface area contributed by atoms with E-state index in [1.807, 2.05) is 37.3 Å². The first-order chi connectivity index (χ1) is 12.1. The molecule has 0 fully saturated rings. The number of aryl methyl sites for hydroxylation is 1. The molecule has 25 heavy (non-hydrogen) atoms. The van der Waals surface area contributed by atoms with Crippen molar-refractivity contribution < 1.29 is 4.52 Å². The van der Waals surface area contributed by atoms with E-state index in [1.54, 1.807) is 0 Å². The monoisotopic (exact) mass is 356 g/mol. The Morgan fingerprint density at radius 3 is 2.92 bits per heavy atom. The van der Waals surface area contributed by atoms with Crippen molar-refractivity contribution in [2.75, 3.05) is 6.54 Å². The third-order valence-electron chi connectivity index (χ3n) is 4.34. The first-order valence-electron chi connectivity index (χ1n) is 8.11. The van der Waals surface area contributed by atoms with Crippen LogP contribution in [0.5, 0.6) is 0 Å². The van der Waals surface area contributed by atoms with Crippen molar-refractivity contribution in [3.8, 4) is 11.3 Å². The SMILES string of the molecule is Cc1nc2c(c(=O)[nH]1)CN(Cc1cc(-c3ccc(Cl)cc3)on1)CC2. The molecular formula is C18H17ClN4O2. The lowest BCUT2D eigenvalue weighted by Gasteiger charge is -2.26. The molecule has 0 saturated heterocycles. The first kappa shape index (κ1) is 16.1. The van der Waals surface area contributed by atoms with Crippen molar-refractivity contribution in [3.05, 3.63) is 68.5 Å². The predicted octanol–water partition coefficient (Wildman–Crippen LogP) is 2.95. The molecule has 1 aliphatic rings. The Labute approximate surface area is 149 Å². The van der Waals surface area contributed by atoms with Gasteiger partial charge in [0.25, 0.3) is 5.56 Å². The number of rotatable bonds is 3. The molecule has 7 heteroatoms. The molecule has 0 radical (unpaired) electrons. The van der Waals surface area contributed by atoms with E-state index in [1.165, 1.54) is 0 Å². The second kappa shape index (κ2) is 6.46. The number of fused-ring (bicyclic) bond motifs is 1. The number of hydrogen-bond donors (Lipinski definition) is 1. The normalized spacial score (nSPS) is 14.5. The lowest BCUT2D eigenvalue weighted by atomic mass is 10.1. The summed E-state index contributed by atoms with van der Waals surface area (Å²) in [5.74, 6) is 1.38. The van der Waals surface area contributed by atoms with Crippen LogP contribution in [0, 0.1) is 6.92 Å². The molecule has 0 bridgehead atoms. The van der Waals surface area contributed by atoms with Crippen LogP contribution in [-0.2, 0) is 19.5 Å². The van der Waals surface area contributed by atoms with Crippen LogP contribution in [0.2, 0.25) is 5.02 Å². The standard InChI is InChI=1S/C18H17ClN4O2/c1-11-20-16-6-7-23(10-15(16)18(24)21-11)9-14-8-17(25-22-14)12-2-4-13(19)5-3-12/h2-5,8H,6-7,9-10H2,1H3,(H,20,21,24). The second-order valence-electron chi connectivity index (χ2n) is 6.23. The molecule has 0 unspecified atom stereocenters. The summed E-state index contributed by atoms with van der Waals surface area (Å²) in [6.45, 7) is 3.85. The van der Waals surface area contributed by atoms with Gasteiger partial charge < -0.3 is 9.51 Å². The molecule has 0 amide bonds. The van der Waals surface area contributed by atoms with Crippen molar-refractivity contribution in [2.45, 2.75) is 26.4 Å². The van der Waals surface area contributed by atoms with Gasteiger partial charge in [-0.2, -0.15) is 0 Å². The van der Waals surface area contributed by atoms with Gasteiger partial charge >= 0.3 is 0 Å². The highest BCUT2D eigenvalue weighted by atomic mass is 35.5. The molecule has 1 N–H and O–H groups in total. The van der Waals surface area contributed by atoms with E-state index in [-0.39, 0.29) is 5.56 Å². The van der Waals surface area contributed by atoms with Gasteiger partial charge in [-0.15, -0.1) is 0 Å². The predicted molar refractivity (Wildman–Crippen MR) is 94.4 cm³/mol. The van der Waals surface area contributed by atoms with Crippen LogP contribution in [0.15, 0.2) is 39.6 Å². The Morgan fingerprint density at radius 2 is 2.12 bits per heavy atom. The van der Waals surface area contributed by atoms with Crippen LogP contribution in [0.25, 0.3) is 11.3 Å². The summed E-state index contributed by atoms with van der Waals surface area (Å²) in [6, 6.07) is 9.37. The van der Waals surface area contributed by atoms with Gasteiger partial charge in [0.05, 0.1) is 17.0 Å². The summed E-state index contributed by atoms with van der Waals surface area (Å²) in [5.41, 5.74) is 3.38. The highest BCUT2D eigenvalue weighted by Crippen LogP contribution is 2.23. The summed E-state index contributed by atoms with van der Waals surface area (Å²) < 4.78 is 5.44. The van der Waals surface area contributed by atoms with Crippen LogP contribution < -0.4 is 5.56 Å². The van der Waals surface area contributed by atoms with Gasteiger partial charge in [0, 0.05) is 42.7 Å². The molecule has 1 aliphatic heterocycles. The number of nitrogens with one attached hydrogen (secondary N) is 1. The van der Waals surface area contributed by atoms with E-state index < -0.39 is 0 Å². The summed E-state index contributed by atoms with van der Waals surface area (Å²) >= 11 is 5.91. The van der Waals surface area contributed by atoms with E-state index in [4.69, 9.17) is 16.1 Å². The van der Waals surface area contributed by atoms with Gasteiger partial charge in [0.15, 0.2) is 5.76 Å². The molecule has 4 rings (SSSR count). The summed E-state index contributed by atoms with van der Waals surface area (Å²) in [4.78, 5) is 21.5. The fraction of sp³-hybridized carbons (Fsp3) is 0.278. The molecule has 0 saturated carbocycles. The highest BCUT2D eigenvalue weighted by Gasteiger charge is 2.21. The van der Waals surface area contributed by atoms with Gasteiger partial charge in [-0.05, 0) is 31.2 Å². The number of nitrogens with zero attached hydrogens (tertiary/aromatic N) is 3. The third kappa shape index (κ3) is 3.36. The van der Waals surface area contributed by atoms with Crippen molar-refractivity contribution >= 4 is 11.6 Å². The number of benzene rings is 1. The summed E-state index contributed by atoms with van der Waals surface area (Å²) in [6.07, 6.45) is 0.766. The maximum absolute atomic E-state index is 12.1. The maximum Gasteiger partial charge on any atom is 0.255 e. The number of halogens is 1. The molecule has 0 atom stereocenters. The molecule has 3 heterocycles. The number of aromatic nitrogens is 3. The molecule has 0 aliphatic carbocycles. The second-order valence-corrected chi connectivity index (χ2v) is 6.66. The van der Waals surface area contributed by atoms with Crippen LogP contribution in [0.4, 0.5) is 0 Å². The highest BCUT2D eigenvalue weighted by molar-refractivity contribution is 6.30. The Hall–Kier alpha value is -2.44. The van der Waals surface area contributed by atoms with Gasteiger partial charge in [0.1, 0.15) is 5.82 Å². The lowest BCUT2D eigenvalue weighted by Crippen LogP contribution is -2.35. The first-order valence-corrected chi connectivity index (χ1v) is 8.49. The van der Waals surface area contributed by atoms with Gasteiger partial charge in [0.2, 0.25) is 0 Å². The fourth-order valence-electron chi connectivity index (χ4n) is 3.11. The average molecular weight is 357 g/mol. The van der Waals surface area contributed by atoms with Gasteiger partial charge in [-0.1, -0.05) is 16.8 Å². The fourth-order valence-corrected chi connectivity index (χ4v) is 3.23. The van der Waals surface area contributed by atoms with Gasteiger partial charge in [-0.25, -0.2) is 4.98 Å². The number of H-pyrrole nitrogens is 1. The summed E-state index contributed by atoms with van der Waals surface area (Å²) in [5, 5.41) is 4.84. The molecule has 0 spiro atoms. The van der Waals surface area contributed by atoms with E-state index in [9.17, 15) is 4.79 Å². The lowest BCUT2D eigenvalue weighted by molar-refractivity contribution is 0.234. The zero-order chi connectivity index (χ0) is 17.4. The molecule has 128 valence electrons. The summed E-state index contributed by atoms with van der Waals surface area (Å²) in [7, 11) is 0. The molecule has 3 aromatic rings. The van der Waals surface area contributed by atoms with Crippen LogP contribution in [0.1, 0.15) is 22.8 Å². The average Bonchev–Trinajstić information content (AvgIpc) is 3.04. The molecule has 1 aromatic carbocycles. The third-order valence-corrected chi connectivity index (χ3v) is 4.59. The minimum absolute atomic E-state index is 0.0470. The van der Waals surface area contributed by atoms with Crippen molar-refractivity contribution in [1.82, 2.24) is 20.0 Å². The molecule has 6 nitrogen and oxygen atoms in total.